The fourth-order valence-electron chi connectivity index (χ4n) is 2.13. The standard InChI is InChI=1S/C16H13F4NO/c1-21-15(22)8-10-4-2-3-5-14(10)11-6-12(16(18,19)20)9-13(17)7-11/h2-7,9H,8H2,1H3,(H,21,22). The van der Waals surface area contributed by atoms with Crippen LogP contribution in [0.3, 0.4) is 0 Å². The highest BCUT2D eigenvalue weighted by Gasteiger charge is 2.31. The van der Waals surface area contributed by atoms with Crippen molar-refractivity contribution >= 4 is 5.91 Å². The van der Waals surface area contributed by atoms with Crippen molar-refractivity contribution in [3.8, 4) is 11.1 Å². The molecule has 0 aliphatic carbocycles. The lowest BCUT2D eigenvalue weighted by molar-refractivity contribution is -0.137. The van der Waals surface area contributed by atoms with Gasteiger partial charge in [0.25, 0.3) is 0 Å². The average Bonchev–Trinajstić information content (AvgIpc) is 2.46. The molecule has 0 aliphatic heterocycles. The van der Waals surface area contributed by atoms with E-state index in [9.17, 15) is 22.4 Å². The molecule has 6 heteroatoms. The lowest BCUT2D eigenvalue weighted by Gasteiger charge is -2.12. The Bertz CT molecular complexity index is 695. The maximum Gasteiger partial charge on any atom is 0.416 e. The first kappa shape index (κ1) is 16.0. The first-order valence-corrected chi connectivity index (χ1v) is 6.48. The number of likely N-dealkylation sites (N-methyl/N-ethyl adjacent to an activating group) is 1. The molecule has 2 rings (SSSR count). The predicted octanol–water partition coefficient (Wildman–Crippen LogP) is 3.80. The van der Waals surface area contributed by atoms with Gasteiger partial charge in [0.1, 0.15) is 5.82 Å². The third-order valence-corrected chi connectivity index (χ3v) is 3.18. The molecule has 0 spiro atoms. The highest BCUT2D eigenvalue weighted by molar-refractivity contribution is 5.81. The number of amides is 1. The number of carbonyl (C=O) groups excluding carboxylic acids is 1. The molecule has 22 heavy (non-hydrogen) atoms. The van der Waals surface area contributed by atoms with Crippen LogP contribution in [0, 0.1) is 5.82 Å². The molecule has 0 unspecified atom stereocenters. The van der Waals surface area contributed by atoms with Gasteiger partial charge in [-0.05, 0) is 34.9 Å². The maximum absolute atomic E-state index is 13.5. The van der Waals surface area contributed by atoms with E-state index in [0.29, 0.717) is 17.2 Å². The monoisotopic (exact) mass is 311 g/mol. The van der Waals surface area contributed by atoms with E-state index >= 15 is 0 Å². The van der Waals surface area contributed by atoms with Gasteiger partial charge in [-0.2, -0.15) is 13.2 Å². The maximum atomic E-state index is 13.5. The Morgan fingerprint density at radius 2 is 1.82 bits per heavy atom. The van der Waals surface area contributed by atoms with Crippen LogP contribution < -0.4 is 5.32 Å². The Labute approximate surface area is 124 Å². The molecule has 0 bridgehead atoms. The quantitative estimate of drug-likeness (QED) is 0.858. The third kappa shape index (κ3) is 3.63. The summed E-state index contributed by atoms with van der Waals surface area (Å²) in [5.41, 5.74) is -0.0410. The Morgan fingerprint density at radius 1 is 1.14 bits per heavy atom. The van der Waals surface area contributed by atoms with E-state index in [4.69, 9.17) is 0 Å². The van der Waals surface area contributed by atoms with E-state index in [1.54, 1.807) is 24.3 Å². The molecular formula is C16H13F4NO. The largest absolute Gasteiger partial charge is 0.416 e. The highest BCUT2D eigenvalue weighted by atomic mass is 19.4. The Morgan fingerprint density at radius 3 is 2.45 bits per heavy atom. The average molecular weight is 311 g/mol. The summed E-state index contributed by atoms with van der Waals surface area (Å²) in [6.07, 6.45) is -4.63. The van der Waals surface area contributed by atoms with Crippen LogP contribution in [0.1, 0.15) is 11.1 Å². The molecule has 0 radical (unpaired) electrons. The molecule has 0 saturated carbocycles. The van der Waals surface area contributed by atoms with Gasteiger partial charge < -0.3 is 5.32 Å². The van der Waals surface area contributed by atoms with Crippen LogP contribution in [0.15, 0.2) is 42.5 Å². The zero-order valence-electron chi connectivity index (χ0n) is 11.7. The lowest BCUT2D eigenvalue weighted by Crippen LogP contribution is -2.20. The van der Waals surface area contributed by atoms with Crippen molar-refractivity contribution in [3.05, 3.63) is 59.4 Å². The van der Waals surface area contributed by atoms with Gasteiger partial charge in [-0.25, -0.2) is 4.39 Å². The number of carbonyl (C=O) groups is 1. The number of hydrogen-bond acceptors (Lipinski definition) is 1. The lowest BCUT2D eigenvalue weighted by atomic mass is 9.96. The highest BCUT2D eigenvalue weighted by Crippen LogP contribution is 2.34. The Hall–Kier alpha value is -2.37. The van der Waals surface area contributed by atoms with Gasteiger partial charge in [-0.3, -0.25) is 4.79 Å². The molecule has 116 valence electrons. The number of benzene rings is 2. The van der Waals surface area contributed by atoms with Gasteiger partial charge >= 0.3 is 6.18 Å². The minimum Gasteiger partial charge on any atom is -0.359 e. The van der Waals surface area contributed by atoms with Crippen LogP contribution >= 0.6 is 0 Å². The molecule has 1 amide bonds. The first-order chi connectivity index (χ1) is 10.3. The number of halogens is 4. The number of nitrogens with one attached hydrogen (secondary N) is 1. The van der Waals surface area contributed by atoms with Crippen molar-refractivity contribution in [2.45, 2.75) is 12.6 Å². The molecular weight excluding hydrogens is 298 g/mol. The molecule has 0 atom stereocenters. The number of alkyl halides is 3. The second-order valence-electron chi connectivity index (χ2n) is 4.73. The Balaban J connectivity index is 2.53. The van der Waals surface area contributed by atoms with Gasteiger partial charge in [-0.15, -0.1) is 0 Å². The van der Waals surface area contributed by atoms with Gasteiger partial charge in [0.2, 0.25) is 5.91 Å². The fraction of sp³-hybridized carbons (Fsp3) is 0.188. The zero-order chi connectivity index (χ0) is 16.3. The fourth-order valence-corrected chi connectivity index (χ4v) is 2.13. The van der Waals surface area contributed by atoms with Crippen molar-refractivity contribution in [1.29, 1.82) is 0 Å². The summed E-state index contributed by atoms with van der Waals surface area (Å²) in [5.74, 6) is -1.25. The molecule has 0 aromatic heterocycles. The summed E-state index contributed by atoms with van der Waals surface area (Å²) in [6, 6.07) is 8.84. The number of hydrogen-bond donors (Lipinski definition) is 1. The molecule has 0 heterocycles. The molecule has 0 fully saturated rings. The Kier molecular flexibility index (Phi) is 4.49. The molecule has 0 aliphatic rings. The predicted molar refractivity (Wildman–Crippen MR) is 74.6 cm³/mol. The van der Waals surface area contributed by atoms with Crippen molar-refractivity contribution in [2.24, 2.45) is 0 Å². The normalized spacial score (nSPS) is 11.3. The van der Waals surface area contributed by atoms with Crippen molar-refractivity contribution in [2.75, 3.05) is 7.05 Å². The minimum atomic E-state index is -4.63. The van der Waals surface area contributed by atoms with E-state index in [1.165, 1.54) is 7.05 Å². The van der Waals surface area contributed by atoms with Crippen molar-refractivity contribution in [1.82, 2.24) is 5.32 Å². The zero-order valence-corrected chi connectivity index (χ0v) is 11.7. The molecule has 2 aromatic carbocycles. The van der Waals surface area contributed by atoms with Gasteiger partial charge in [-0.1, -0.05) is 24.3 Å². The van der Waals surface area contributed by atoms with Crippen LogP contribution in [0.5, 0.6) is 0 Å². The summed E-state index contributed by atoms with van der Waals surface area (Å²) in [7, 11) is 1.47. The second-order valence-corrected chi connectivity index (χ2v) is 4.73. The third-order valence-electron chi connectivity index (χ3n) is 3.18. The van der Waals surface area contributed by atoms with E-state index in [1.807, 2.05) is 0 Å². The molecule has 1 N–H and O–H groups in total. The van der Waals surface area contributed by atoms with Crippen LogP contribution in [0.25, 0.3) is 11.1 Å². The summed E-state index contributed by atoms with van der Waals surface area (Å²) in [4.78, 5) is 11.5. The van der Waals surface area contributed by atoms with Crippen molar-refractivity contribution in [3.63, 3.8) is 0 Å². The van der Waals surface area contributed by atoms with Crippen LogP contribution in [-0.4, -0.2) is 13.0 Å². The van der Waals surface area contributed by atoms with Crippen LogP contribution in [0.4, 0.5) is 17.6 Å². The van der Waals surface area contributed by atoms with E-state index in [2.05, 4.69) is 5.32 Å². The topological polar surface area (TPSA) is 29.1 Å². The smallest absolute Gasteiger partial charge is 0.359 e. The van der Waals surface area contributed by atoms with E-state index < -0.39 is 17.6 Å². The summed E-state index contributed by atoms with van der Waals surface area (Å²) >= 11 is 0. The molecule has 0 saturated heterocycles. The van der Waals surface area contributed by atoms with E-state index in [0.717, 1.165) is 12.1 Å². The van der Waals surface area contributed by atoms with Crippen LogP contribution in [0.2, 0.25) is 0 Å². The summed E-state index contributed by atoms with van der Waals surface area (Å²) in [5, 5.41) is 2.45. The SMILES string of the molecule is CNC(=O)Cc1ccccc1-c1cc(F)cc(C(F)(F)F)c1. The first-order valence-electron chi connectivity index (χ1n) is 6.48. The van der Waals surface area contributed by atoms with Crippen molar-refractivity contribution < 1.29 is 22.4 Å². The van der Waals surface area contributed by atoms with Gasteiger partial charge in [0.15, 0.2) is 0 Å². The molecule has 2 aromatic rings. The van der Waals surface area contributed by atoms with Gasteiger partial charge in [0, 0.05) is 7.05 Å². The van der Waals surface area contributed by atoms with Crippen LogP contribution in [-0.2, 0) is 17.4 Å². The summed E-state index contributed by atoms with van der Waals surface area (Å²) < 4.78 is 51.9. The number of rotatable bonds is 3. The minimum absolute atomic E-state index is 0.00450. The van der Waals surface area contributed by atoms with E-state index in [-0.39, 0.29) is 17.9 Å². The summed E-state index contributed by atoms with van der Waals surface area (Å²) in [6.45, 7) is 0. The second kappa shape index (κ2) is 6.17. The molecule has 2 nitrogen and oxygen atoms in total. The van der Waals surface area contributed by atoms with Gasteiger partial charge in [0.05, 0.1) is 12.0 Å².